The molecule has 1 heterocycles. The molecule has 1 atom stereocenters. The average Bonchev–Trinajstić information content (AvgIpc) is 2.65. The SMILES string of the molecule is CCC(C)(CCO)NC(=O)NCc1sc(C)nc1C. The van der Waals surface area contributed by atoms with Gasteiger partial charge in [0.15, 0.2) is 0 Å². The van der Waals surface area contributed by atoms with Crippen molar-refractivity contribution in [3.05, 3.63) is 15.6 Å². The zero-order chi connectivity index (χ0) is 14.5. The number of carbonyl (C=O) groups excluding carboxylic acids is 1. The number of nitrogens with zero attached hydrogens (tertiary/aromatic N) is 1. The molecule has 0 spiro atoms. The summed E-state index contributed by atoms with van der Waals surface area (Å²) < 4.78 is 0. The van der Waals surface area contributed by atoms with Crippen LogP contribution in [0.15, 0.2) is 0 Å². The molecule has 1 rings (SSSR count). The summed E-state index contributed by atoms with van der Waals surface area (Å²) in [7, 11) is 0. The Morgan fingerprint density at radius 1 is 1.47 bits per heavy atom. The molecule has 5 nitrogen and oxygen atoms in total. The van der Waals surface area contributed by atoms with E-state index in [1.807, 2.05) is 27.7 Å². The lowest BCUT2D eigenvalue weighted by molar-refractivity contribution is 0.201. The Bertz CT molecular complexity index is 434. The second-order valence-corrected chi connectivity index (χ2v) is 6.22. The number of thiazole rings is 1. The van der Waals surface area contributed by atoms with Crippen molar-refractivity contribution in [2.45, 2.75) is 52.6 Å². The first-order valence-electron chi connectivity index (χ1n) is 6.50. The van der Waals surface area contributed by atoms with E-state index in [1.165, 1.54) is 0 Å². The maximum Gasteiger partial charge on any atom is 0.315 e. The van der Waals surface area contributed by atoms with Crippen LogP contribution in [0.3, 0.4) is 0 Å². The predicted octanol–water partition coefficient (Wildman–Crippen LogP) is 2.11. The van der Waals surface area contributed by atoms with Crippen molar-refractivity contribution >= 4 is 17.4 Å². The second kappa shape index (κ2) is 6.86. The molecule has 0 fully saturated rings. The number of aliphatic hydroxyl groups is 1. The van der Waals surface area contributed by atoms with Gasteiger partial charge in [-0.1, -0.05) is 6.92 Å². The molecule has 0 aliphatic carbocycles. The van der Waals surface area contributed by atoms with E-state index in [4.69, 9.17) is 5.11 Å². The molecule has 6 heteroatoms. The van der Waals surface area contributed by atoms with Gasteiger partial charge in [-0.25, -0.2) is 9.78 Å². The Morgan fingerprint density at radius 2 is 2.16 bits per heavy atom. The number of hydrogen-bond acceptors (Lipinski definition) is 4. The lowest BCUT2D eigenvalue weighted by atomic mass is 9.95. The summed E-state index contributed by atoms with van der Waals surface area (Å²) in [6, 6.07) is -0.205. The summed E-state index contributed by atoms with van der Waals surface area (Å²) in [5.41, 5.74) is 0.605. The molecule has 108 valence electrons. The molecular formula is C13H23N3O2S. The van der Waals surface area contributed by atoms with Gasteiger partial charge in [0.25, 0.3) is 0 Å². The van der Waals surface area contributed by atoms with Crippen molar-refractivity contribution in [2.75, 3.05) is 6.61 Å². The average molecular weight is 285 g/mol. The van der Waals surface area contributed by atoms with Gasteiger partial charge >= 0.3 is 6.03 Å². The Kier molecular flexibility index (Phi) is 5.75. The summed E-state index contributed by atoms with van der Waals surface area (Å²) in [5.74, 6) is 0. The summed E-state index contributed by atoms with van der Waals surface area (Å²) in [4.78, 5) is 17.3. The van der Waals surface area contributed by atoms with E-state index in [1.54, 1.807) is 11.3 Å². The van der Waals surface area contributed by atoms with Gasteiger partial charge in [0, 0.05) is 17.0 Å². The molecule has 0 aliphatic heterocycles. The molecule has 0 radical (unpaired) electrons. The minimum absolute atomic E-state index is 0.0672. The molecule has 0 saturated heterocycles. The topological polar surface area (TPSA) is 74.2 Å². The van der Waals surface area contributed by atoms with E-state index in [9.17, 15) is 4.79 Å². The van der Waals surface area contributed by atoms with Crippen LogP contribution < -0.4 is 10.6 Å². The van der Waals surface area contributed by atoms with Crippen molar-refractivity contribution in [1.29, 1.82) is 0 Å². The van der Waals surface area contributed by atoms with Crippen LogP contribution in [0.1, 0.15) is 42.3 Å². The van der Waals surface area contributed by atoms with Crippen LogP contribution in [-0.2, 0) is 6.54 Å². The van der Waals surface area contributed by atoms with Gasteiger partial charge in [-0.2, -0.15) is 0 Å². The number of aliphatic hydroxyl groups excluding tert-OH is 1. The zero-order valence-corrected chi connectivity index (χ0v) is 12.9. The normalized spacial score (nSPS) is 13.9. The molecule has 1 aromatic rings. The number of hydrogen-bond donors (Lipinski definition) is 3. The van der Waals surface area contributed by atoms with Crippen LogP contribution in [0.5, 0.6) is 0 Å². The van der Waals surface area contributed by atoms with E-state index in [0.717, 1.165) is 22.0 Å². The van der Waals surface area contributed by atoms with Crippen LogP contribution >= 0.6 is 11.3 Å². The zero-order valence-electron chi connectivity index (χ0n) is 12.0. The van der Waals surface area contributed by atoms with Crippen molar-refractivity contribution in [3.8, 4) is 0 Å². The van der Waals surface area contributed by atoms with E-state index in [-0.39, 0.29) is 18.2 Å². The number of aromatic nitrogens is 1. The third-order valence-corrected chi connectivity index (χ3v) is 4.34. The van der Waals surface area contributed by atoms with Gasteiger partial charge in [0.2, 0.25) is 0 Å². The minimum Gasteiger partial charge on any atom is -0.396 e. The summed E-state index contributed by atoms with van der Waals surface area (Å²) in [6.45, 7) is 8.38. The Balaban J connectivity index is 2.49. The molecule has 0 aromatic carbocycles. The van der Waals surface area contributed by atoms with E-state index in [2.05, 4.69) is 15.6 Å². The molecule has 0 saturated carbocycles. The third-order valence-electron chi connectivity index (χ3n) is 3.27. The molecule has 0 bridgehead atoms. The highest BCUT2D eigenvalue weighted by Crippen LogP contribution is 2.17. The third kappa shape index (κ3) is 4.80. The fourth-order valence-electron chi connectivity index (χ4n) is 1.79. The molecule has 1 unspecified atom stereocenters. The lowest BCUT2D eigenvalue weighted by Crippen LogP contribution is -2.50. The molecule has 19 heavy (non-hydrogen) atoms. The highest BCUT2D eigenvalue weighted by atomic mass is 32.1. The Labute approximate surface area is 118 Å². The quantitative estimate of drug-likeness (QED) is 0.749. The number of urea groups is 1. The first-order valence-corrected chi connectivity index (χ1v) is 7.31. The fourth-order valence-corrected chi connectivity index (χ4v) is 2.67. The van der Waals surface area contributed by atoms with Crippen LogP contribution in [0, 0.1) is 13.8 Å². The van der Waals surface area contributed by atoms with E-state index >= 15 is 0 Å². The monoisotopic (exact) mass is 285 g/mol. The van der Waals surface area contributed by atoms with Crippen LogP contribution in [0.2, 0.25) is 0 Å². The van der Waals surface area contributed by atoms with Gasteiger partial charge < -0.3 is 15.7 Å². The number of rotatable bonds is 6. The first kappa shape index (κ1) is 15.9. The molecule has 1 aromatic heterocycles. The highest BCUT2D eigenvalue weighted by Gasteiger charge is 2.23. The number of nitrogens with one attached hydrogen (secondary N) is 2. The Morgan fingerprint density at radius 3 is 2.63 bits per heavy atom. The van der Waals surface area contributed by atoms with Crippen molar-refractivity contribution in [2.24, 2.45) is 0 Å². The highest BCUT2D eigenvalue weighted by molar-refractivity contribution is 7.11. The van der Waals surface area contributed by atoms with Crippen molar-refractivity contribution in [1.82, 2.24) is 15.6 Å². The Hall–Kier alpha value is -1.14. The maximum absolute atomic E-state index is 11.9. The van der Waals surface area contributed by atoms with Crippen LogP contribution in [-0.4, -0.2) is 28.3 Å². The number of amides is 2. The summed E-state index contributed by atoms with van der Waals surface area (Å²) in [5, 5.41) is 15.8. The fraction of sp³-hybridized carbons (Fsp3) is 0.692. The van der Waals surface area contributed by atoms with E-state index in [0.29, 0.717) is 13.0 Å². The van der Waals surface area contributed by atoms with Crippen LogP contribution in [0.4, 0.5) is 4.79 Å². The predicted molar refractivity (Wildman–Crippen MR) is 77.4 cm³/mol. The largest absolute Gasteiger partial charge is 0.396 e. The standard InChI is InChI=1S/C13H23N3O2S/c1-5-13(4,6-7-17)16-12(18)14-8-11-9(2)15-10(3)19-11/h17H,5-8H2,1-4H3,(H2,14,16,18). The second-order valence-electron chi connectivity index (χ2n) is 4.94. The first-order chi connectivity index (χ1) is 8.90. The van der Waals surface area contributed by atoms with E-state index < -0.39 is 0 Å². The molecular weight excluding hydrogens is 262 g/mol. The minimum atomic E-state index is -0.364. The lowest BCUT2D eigenvalue weighted by Gasteiger charge is -2.28. The molecule has 3 N–H and O–H groups in total. The maximum atomic E-state index is 11.9. The van der Waals surface area contributed by atoms with Gasteiger partial charge in [0.05, 0.1) is 17.2 Å². The smallest absolute Gasteiger partial charge is 0.315 e. The summed E-state index contributed by atoms with van der Waals surface area (Å²) in [6.07, 6.45) is 1.33. The van der Waals surface area contributed by atoms with Crippen molar-refractivity contribution < 1.29 is 9.90 Å². The van der Waals surface area contributed by atoms with Gasteiger partial charge in [-0.15, -0.1) is 11.3 Å². The molecule has 2 amide bonds. The van der Waals surface area contributed by atoms with Crippen LogP contribution in [0.25, 0.3) is 0 Å². The number of aryl methyl sites for hydroxylation is 2. The van der Waals surface area contributed by atoms with Gasteiger partial charge in [0.1, 0.15) is 0 Å². The van der Waals surface area contributed by atoms with Crippen molar-refractivity contribution in [3.63, 3.8) is 0 Å². The van der Waals surface area contributed by atoms with Gasteiger partial charge in [-0.05, 0) is 33.6 Å². The molecule has 0 aliphatic rings. The van der Waals surface area contributed by atoms with Gasteiger partial charge in [-0.3, -0.25) is 0 Å². The number of carbonyl (C=O) groups is 1. The summed E-state index contributed by atoms with van der Waals surface area (Å²) >= 11 is 1.60.